The van der Waals surface area contributed by atoms with E-state index in [1.54, 1.807) is 0 Å². The van der Waals surface area contributed by atoms with Crippen LogP contribution in [0.3, 0.4) is 0 Å². The van der Waals surface area contributed by atoms with Crippen molar-refractivity contribution in [1.29, 1.82) is 0 Å². The van der Waals surface area contributed by atoms with Gasteiger partial charge in [0.15, 0.2) is 0 Å². The summed E-state index contributed by atoms with van der Waals surface area (Å²) in [6.45, 7) is 6.24. The Labute approximate surface area is 135 Å². The number of halogens is 1. The quantitative estimate of drug-likeness (QED) is 0.832. The molecule has 0 aliphatic heterocycles. The molecule has 0 aromatic heterocycles. The van der Waals surface area contributed by atoms with E-state index in [-0.39, 0.29) is 12.1 Å². The molecule has 0 spiro atoms. The van der Waals surface area contributed by atoms with Gasteiger partial charge < -0.3 is 10.5 Å². The average Bonchev–Trinajstić information content (AvgIpc) is 2.47. The molecule has 3 heteroatoms. The van der Waals surface area contributed by atoms with Gasteiger partial charge in [-0.25, -0.2) is 0 Å². The summed E-state index contributed by atoms with van der Waals surface area (Å²) in [7, 11) is 0. The van der Waals surface area contributed by atoms with Crippen molar-refractivity contribution in [2.45, 2.75) is 39.3 Å². The molecule has 112 valence electrons. The van der Waals surface area contributed by atoms with Gasteiger partial charge in [-0.05, 0) is 55.2 Å². The van der Waals surface area contributed by atoms with Crippen LogP contribution in [0, 0.1) is 13.8 Å². The van der Waals surface area contributed by atoms with E-state index in [2.05, 4.69) is 48.0 Å². The predicted molar refractivity (Wildman–Crippen MR) is 91.7 cm³/mol. The highest BCUT2D eigenvalue weighted by Gasteiger charge is 2.22. The van der Waals surface area contributed by atoms with Crippen molar-refractivity contribution in [1.82, 2.24) is 0 Å². The van der Waals surface area contributed by atoms with E-state index >= 15 is 0 Å². The zero-order chi connectivity index (χ0) is 15.4. The van der Waals surface area contributed by atoms with Crippen LogP contribution in [0.1, 0.15) is 36.1 Å². The number of benzene rings is 2. The van der Waals surface area contributed by atoms with Crippen LogP contribution in [0.5, 0.6) is 5.75 Å². The minimum Gasteiger partial charge on any atom is -0.484 e. The van der Waals surface area contributed by atoms with E-state index in [1.165, 1.54) is 5.56 Å². The lowest BCUT2D eigenvalue weighted by Crippen LogP contribution is -2.32. The van der Waals surface area contributed by atoms with Gasteiger partial charge in [0.25, 0.3) is 0 Å². The molecule has 2 rings (SSSR count). The Hall–Kier alpha value is -1.32. The molecule has 0 saturated carbocycles. The Balaban J connectivity index is 2.35. The molecule has 0 bridgehead atoms. The van der Waals surface area contributed by atoms with Gasteiger partial charge >= 0.3 is 0 Å². The molecule has 2 aromatic rings. The second kappa shape index (κ2) is 7.10. The summed E-state index contributed by atoms with van der Waals surface area (Å²) in [5.74, 6) is 0.885. The van der Waals surface area contributed by atoms with Crippen LogP contribution in [-0.2, 0) is 0 Å². The first-order valence-corrected chi connectivity index (χ1v) is 8.06. The van der Waals surface area contributed by atoms with Crippen molar-refractivity contribution in [3.63, 3.8) is 0 Å². The summed E-state index contributed by atoms with van der Waals surface area (Å²) in [6.07, 6.45) is 0.741. The highest BCUT2D eigenvalue weighted by molar-refractivity contribution is 9.10. The highest BCUT2D eigenvalue weighted by Crippen LogP contribution is 2.30. The third kappa shape index (κ3) is 3.86. The summed E-state index contributed by atoms with van der Waals surface area (Å²) in [5, 5.41) is 0. The fraction of sp³-hybridized carbons (Fsp3) is 0.333. The maximum atomic E-state index is 6.31. The third-order valence-corrected chi connectivity index (χ3v) is 4.24. The van der Waals surface area contributed by atoms with E-state index in [0.29, 0.717) is 0 Å². The largest absolute Gasteiger partial charge is 0.484 e. The lowest BCUT2D eigenvalue weighted by molar-refractivity contribution is 0.169. The van der Waals surface area contributed by atoms with Crippen LogP contribution < -0.4 is 10.5 Å². The van der Waals surface area contributed by atoms with Crippen molar-refractivity contribution in [3.8, 4) is 5.75 Å². The monoisotopic (exact) mass is 347 g/mol. The molecule has 2 nitrogen and oxygen atoms in total. The lowest BCUT2D eigenvalue weighted by Gasteiger charge is -2.27. The Morgan fingerprint density at radius 2 is 1.81 bits per heavy atom. The Morgan fingerprint density at radius 3 is 2.43 bits per heavy atom. The minimum absolute atomic E-state index is 0.0332. The van der Waals surface area contributed by atoms with Crippen LogP contribution in [0.25, 0.3) is 0 Å². The maximum Gasteiger partial charge on any atom is 0.139 e. The van der Waals surface area contributed by atoms with Gasteiger partial charge in [-0.2, -0.15) is 0 Å². The van der Waals surface area contributed by atoms with E-state index in [0.717, 1.165) is 27.8 Å². The molecule has 2 unspecified atom stereocenters. The molecule has 0 aliphatic rings. The van der Waals surface area contributed by atoms with Gasteiger partial charge in [-0.1, -0.05) is 47.1 Å². The van der Waals surface area contributed by atoms with Gasteiger partial charge in [0.1, 0.15) is 11.9 Å². The van der Waals surface area contributed by atoms with Gasteiger partial charge in [0.2, 0.25) is 0 Å². The number of hydrogen-bond acceptors (Lipinski definition) is 2. The average molecular weight is 348 g/mol. The Morgan fingerprint density at radius 1 is 1.10 bits per heavy atom. The SMILES string of the molecule is CCC(N)C(Oc1ccc(Br)cc1C)c1ccccc1C. The number of rotatable bonds is 5. The van der Waals surface area contributed by atoms with Gasteiger partial charge in [0.05, 0.1) is 0 Å². The van der Waals surface area contributed by atoms with E-state index in [4.69, 9.17) is 10.5 Å². The van der Waals surface area contributed by atoms with E-state index in [9.17, 15) is 0 Å². The third-order valence-electron chi connectivity index (χ3n) is 3.75. The molecule has 2 atom stereocenters. The fourth-order valence-electron chi connectivity index (χ4n) is 2.38. The smallest absolute Gasteiger partial charge is 0.139 e. The standard InChI is InChI=1S/C18H22BrNO/c1-4-16(20)18(15-8-6-5-7-12(15)2)21-17-10-9-14(19)11-13(17)3/h5-11,16,18H,4,20H2,1-3H3. The summed E-state index contributed by atoms with van der Waals surface area (Å²) < 4.78 is 7.33. The summed E-state index contributed by atoms with van der Waals surface area (Å²) in [4.78, 5) is 0. The summed E-state index contributed by atoms with van der Waals surface area (Å²) >= 11 is 3.48. The maximum absolute atomic E-state index is 6.31. The molecule has 0 amide bonds. The van der Waals surface area contributed by atoms with Crippen molar-refractivity contribution >= 4 is 15.9 Å². The summed E-state index contributed by atoms with van der Waals surface area (Å²) in [5.41, 5.74) is 9.79. The topological polar surface area (TPSA) is 35.2 Å². The number of nitrogens with two attached hydrogens (primary N) is 1. The molecule has 0 fully saturated rings. The van der Waals surface area contributed by atoms with Gasteiger partial charge in [0, 0.05) is 10.5 Å². The second-order valence-electron chi connectivity index (χ2n) is 5.38. The van der Waals surface area contributed by atoms with Crippen LogP contribution >= 0.6 is 15.9 Å². The number of aryl methyl sites for hydroxylation is 2. The zero-order valence-electron chi connectivity index (χ0n) is 12.8. The zero-order valence-corrected chi connectivity index (χ0v) is 14.4. The van der Waals surface area contributed by atoms with Crippen LogP contribution in [0.2, 0.25) is 0 Å². The normalized spacial score (nSPS) is 13.8. The van der Waals surface area contributed by atoms with E-state index < -0.39 is 0 Å². The van der Waals surface area contributed by atoms with E-state index in [1.807, 2.05) is 31.2 Å². The fourth-order valence-corrected chi connectivity index (χ4v) is 2.86. The van der Waals surface area contributed by atoms with Crippen molar-refractivity contribution in [2.75, 3.05) is 0 Å². The first-order valence-electron chi connectivity index (χ1n) is 7.26. The predicted octanol–water partition coefficient (Wildman–Crippen LogP) is 4.92. The molecular formula is C18H22BrNO. The van der Waals surface area contributed by atoms with Gasteiger partial charge in [-0.3, -0.25) is 0 Å². The molecule has 0 radical (unpaired) electrons. The number of hydrogen-bond donors (Lipinski definition) is 1. The lowest BCUT2D eigenvalue weighted by atomic mass is 9.96. The van der Waals surface area contributed by atoms with Crippen molar-refractivity contribution in [3.05, 3.63) is 63.6 Å². The van der Waals surface area contributed by atoms with Gasteiger partial charge in [-0.15, -0.1) is 0 Å². The molecule has 2 aromatic carbocycles. The minimum atomic E-state index is -0.129. The molecule has 2 N–H and O–H groups in total. The molecular weight excluding hydrogens is 326 g/mol. The first kappa shape index (κ1) is 16.1. The Bertz CT molecular complexity index is 612. The molecule has 21 heavy (non-hydrogen) atoms. The first-order chi connectivity index (χ1) is 10.0. The Kier molecular flexibility index (Phi) is 5.43. The number of ether oxygens (including phenoxy) is 1. The summed E-state index contributed by atoms with van der Waals surface area (Å²) in [6, 6.07) is 14.3. The second-order valence-corrected chi connectivity index (χ2v) is 6.29. The molecule has 0 aliphatic carbocycles. The highest BCUT2D eigenvalue weighted by atomic mass is 79.9. The molecule has 0 saturated heterocycles. The molecule has 0 heterocycles. The van der Waals surface area contributed by atoms with Crippen molar-refractivity contribution < 1.29 is 4.74 Å². The van der Waals surface area contributed by atoms with Crippen LogP contribution in [0.15, 0.2) is 46.9 Å². The van der Waals surface area contributed by atoms with Crippen LogP contribution in [0.4, 0.5) is 0 Å². The van der Waals surface area contributed by atoms with Crippen LogP contribution in [-0.4, -0.2) is 6.04 Å². The van der Waals surface area contributed by atoms with Crippen molar-refractivity contribution in [2.24, 2.45) is 5.73 Å².